The molecule has 2 aromatic carbocycles. The van der Waals surface area contributed by atoms with Crippen molar-refractivity contribution in [1.82, 2.24) is 5.32 Å². The van der Waals surface area contributed by atoms with Crippen molar-refractivity contribution in [3.05, 3.63) is 70.7 Å². The summed E-state index contributed by atoms with van der Waals surface area (Å²) in [6.07, 6.45) is 1.07. The fraction of sp³-hybridized carbons (Fsp3) is 0.250. The third-order valence-corrected chi connectivity index (χ3v) is 3.29. The molecule has 18 heavy (non-hydrogen) atoms. The lowest BCUT2D eigenvalue weighted by Gasteiger charge is -2.17. The van der Waals surface area contributed by atoms with E-state index in [2.05, 4.69) is 42.6 Å². The number of hydrogen-bond acceptors (Lipinski definition) is 1. The molecular weight excluding hydrogens is 242 g/mol. The largest absolute Gasteiger partial charge is 0.306 e. The Balaban J connectivity index is 2.00. The van der Waals surface area contributed by atoms with E-state index in [-0.39, 0.29) is 0 Å². The Labute approximate surface area is 114 Å². The molecule has 2 heteroatoms. The minimum atomic E-state index is 0.394. The van der Waals surface area contributed by atoms with E-state index in [1.807, 2.05) is 24.3 Å². The Morgan fingerprint density at radius 1 is 1.06 bits per heavy atom. The van der Waals surface area contributed by atoms with Crippen LogP contribution in [-0.4, -0.2) is 0 Å². The molecule has 0 radical (unpaired) electrons. The summed E-state index contributed by atoms with van der Waals surface area (Å²) >= 11 is 5.98. The van der Waals surface area contributed by atoms with Crippen molar-refractivity contribution >= 4 is 11.6 Å². The van der Waals surface area contributed by atoms with E-state index >= 15 is 0 Å². The summed E-state index contributed by atoms with van der Waals surface area (Å²) in [5.74, 6) is 0. The predicted molar refractivity (Wildman–Crippen MR) is 77.8 cm³/mol. The van der Waals surface area contributed by atoms with Gasteiger partial charge in [0, 0.05) is 17.6 Å². The van der Waals surface area contributed by atoms with Gasteiger partial charge in [-0.3, -0.25) is 0 Å². The van der Waals surface area contributed by atoms with E-state index in [1.54, 1.807) is 0 Å². The average Bonchev–Trinajstić information content (AvgIpc) is 2.41. The third kappa shape index (κ3) is 3.59. The molecule has 0 aliphatic heterocycles. The summed E-state index contributed by atoms with van der Waals surface area (Å²) in [5.41, 5.74) is 2.55. The lowest BCUT2D eigenvalue weighted by molar-refractivity contribution is 0.519. The Hall–Kier alpha value is -1.31. The van der Waals surface area contributed by atoms with Crippen LogP contribution in [0.4, 0.5) is 0 Å². The molecule has 0 spiro atoms. The molecule has 0 saturated carbocycles. The summed E-state index contributed by atoms with van der Waals surface area (Å²) in [6, 6.07) is 18.9. The molecule has 0 aliphatic rings. The van der Waals surface area contributed by atoms with Gasteiger partial charge in [-0.2, -0.15) is 0 Å². The maximum Gasteiger partial charge on any atom is 0.0409 e. The first-order valence-corrected chi connectivity index (χ1v) is 6.70. The van der Waals surface area contributed by atoms with Crippen molar-refractivity contribution in [2.75, 3.05) is 0 Å². The summed E-state index contributed by atoms with van der Waals surface area (Å²) in [6.45, 7) is 3.04. The van der Waals surface area contributed by atoms with Crippen LogP contribution in [-0.2, 0) is 6.54 Å². The zero-order chi connectivity index (χ0) is 12.8. The van der Waals surface area contributed by atoms with Crippen LogP contribution in [0, 0.1) is 0 Å². The van der Waals surface area contributed by atoms with Crippen molar-refractivity contribution in [3.63, 3.8) is 0 Å². The second-order valence-corrected chi connectivity index (χ2v) is 4.82. The number of hydrogen-bond donors (Lipinski definition) is 1. The highest BCUT2D eigenvalue weighted by molar-refractivity contribution is 6.30. The number of halogens is 1. The monoisotopic (exact) mass is 259 g/mol. The van der Waals surface area contributed by atoms with Crippen molar-refractivity contribution in [2.45, 2.75) is 25.9 Å². The molecule has 0 saturated heterocycles. The molecule has 1 N–H and O–H groups in total. The van der Waals surface area contributed by atoms with Gasteiger partial charge in [-0.25, -0.2) is 0 Å². The summed E-state index contributed by atoms with van der Waals surface area (Å²) in [4.78, 5) is 0. The van der Waals surface area contributed by atoms with Crippen LogP contribution in [0.25, 0.3) is 0 Å². The average molecular weight is 260 g/mol. The first-order chi connectivity index (χ1) is 8.79. The second kappa shape index (κ2) is 6.58. The predicted octanol–water partition coefficient (Wildman–Crippen LogP) is 4.58. The lowest BCUT2D eigenvalue weighted by Crippen LogP contribution is -2.20. The minimum absolute atomic E-state index is 0.394. The van der Waals surface area contributed by atoms with Crippen molar-refractivity contribution in [2.24, 2.45) is 0 Å². The number of benzene rings is 2. The van der Waals surface area contributed by atoms with Crippen LogP contribution in [0.2, 0.25) is 5.02 Å². The van der Waals surface area contributed by atoms with Gasteiger partial charge in [-0.15, -0.1) is 0 Å². The SMILES string of the molecule is CCC(NCc1cccc(Cl)c1)c1ccccc1. The lowest BCUT2D eigenvalue weighted by atomic mass is 10.0. The molecule has 94 valence electrons. The zero-order valence-corrected chi connectivity index (χ0v) is 11.3. The molecule has 0 heterocycles. The topological polar surface area (TPSA) is 12.0 Å². The van der Waals surface area contributed by atoms with Crippen LogP contribution in [0.3, 0.4) is 0 Å². The van der Waals surface area contributed by atoms with Gasteiger partial charge >= 0.3 is 0 Å². The summed E-state index contributed by atoms with van der Waals surface area (Å²) in [7, 11) is 0. The Morgan fingerprint density at radius 2 is 1.83 bits per heavy atom. The highest BCUT2D eigenvalue weighted by Gasteiger charge is 2.07. The maximum absolute atomic E-state index is 5.98. The summed E-state index contributed by atoms with van der Waals surface area (Å²) < 4.78 is 0. The first-order valence-electron chi connectivity index (χ1n) is 6.32. The number of nitrogens with one attached hydrogen (secondary N) is 1. The Morgan fingerprint density at radius 3 is 2.50 bits per heavy atom. The third-order valence-electron chi connectivity index (χ3n) is 3.05. The van der Waals surface area contributed by atoms with Crippen LogP contribution in [0.1, 0.15) is 30.5 Å². The molecule has 2 aromatic rings. The highest BCUT2D eigenvalue weighted by Crippen LogP contribution is 2.17. The van der Waals surface area contributed by atoms with Gasteiger partial charge in [0.05, 0.1) is 0 Å². The normalized spacial score (nSPS) is 12.3. The van der Waals surface area contributed by atoms with E-state index in [9.17, 15) is 0 Å². The van der Waals surface area contributed by atoms with E-state index in [0.717, 1.165) is 18.0 Å². The van der Waals surface area contributed by atoms with E-state index < -0.39 is 0 Å². The van der Waals surface area contributed by atoms with Crippen LogP contribution >= 0.6 is 11.6 Å². The fourth-order valence-electron chi connectivity index (χ4n) is 2.07. The minimum Gasteiger partial charge on any atom is -0.306 e. The molecule has 0 fully saturated rings. The molecule has 0 aromatic heterocycles. The van der Waals surface area contributed by atoms with Gasteiger partial charge in [0.2, 0.25) is 0 Å². The maximum atomic E-state index is 5.98. The van der Waals surface area contributed by atoms with E-state index in [1.165, 1.54) is 11.1 Å². The van der Waals surface area contributed by atoms with Crippen molar-refractivity contribution < 1.29 is 0 Å². The quantitative estimate of drug-likeness (QED) is 0.829. The van der Waals surface area contributed by atoms with Crippen LogP contribution in [0.15, 0.2) is 54.6 Å². The van der Waals surface area contributed by atoms with E-state index in [0.29, 0.717) is 6.04 Å². The number of rotatable bonds is 5. The second-order valence-electron chi connectivity index (χ2n) is 4.38. The van der Waals surface area contributed by atoms with Crippen LogP contribution in [0.5, 0.6) is 0 Å². The molecule has 1 unspecified atom stereocenters. The zero-order valence-electron chi connectivity index (χ0n) is 10.6. The van der Waals surface area contributed by atoms with Gasteiger partial charge in [0.15, 0.2) is 0 Å². The van der Waals surface area contributed by atoms with Gasteiger partial charge in [0.1, 0.15) is 0 Å². The van der Waals surface area contributed by atoms with Gasteiger partial charge < -0.3 is 5.32 Å². The highest BCUT2D eigenvalue weighted by atomic mass is 35.5. The molecule has 0 aliphatic carbocycles. The van der Waals surface area contributed by atoms with Gasteiger partial charge in [-0.1, -0.05) is 61.0 Å². The van der Waals surface area contributed by atoms with Crippen LogP contribution < -0.4 is 5.32 Å². The molecular formula is C16H18ClN. The molecule has 0 amide bonds. The fourth-order valence-corrected chi connectivity index (χ4v) is 2.28. The summed E-state index contributed by atoms with van der Waals surface area (Å²) in [5, 5.41) is 4.36. The molecule has 2 rings (SSSR count). The van der Waals surface area contributed by atoms with Crippen molar-refractivity contribution in [3.8, 4) is 0 Å². The van der Waals surface area contributed by atoms with Gasteiger partial charge in [0.25, 0.3) is 0 Å². The van der Waals surface area contributed by atoms with E-state index in [4.69, 9.17) is 11.6 Å². The Bertz CT molecular complexity index is 481. The smallest absolute Gasteiger partial charge is 0.0409 e. The Kier molecular flexibility index (Phi) is 4.80. The molecule has 1 atom stereocenters. The van der Waals surface area contributed by atoms with Gasteiger partial charge in [-0.05, 0) is 29.7 Å². The molecule has 1 nitrogen and oxygen atoms in total. The first kappa shape index (κ1) is 13.1. The van der Waals surface area contributed by atoms with Crippen molar-refractivity contribution in [1.29, 1.82) is 0 Å². The molecule has 0 bridgehead atoms. The standard InChI is InChI=1S/C16H18ClN/c1-2-16(14-8-4-3-5-9-14)18-12-13-7-6-10-15(17)11-13/h3-11,16,18H,2,12H2,1H3.